The van der Waals surface area contributed by atoms with Crippen molar-refractivity contribution in [3.63, 3.8) is 0 Å². The van der Waals surface area contributed by atoms with Crippen LogP contribution in [0.5, 0.6) is 0 Å². The lowest BCUT2D eigenvalue weighted by molar-refractivity contribution is -0.136. The highest BCUT2D eigenvalue weighted by atomic mass is 16.4. The molecule has 0 aromatic carbocycles. The van der Waals surface area contributed by atoms with Crippen LogP contribution in [0.25, 0.3) is 0 Å². The van der Waals surface area contributed by atoms with E-state index < -0.39 is 5.97 Å². The van der Waals surface area contributed by atoms with Crippen molar-refractivity contribution in [3.05, 3.63) is 0 Å². The number of carboxylic acid groups (broad SMARTS) is 1. The number of aliphatic carboxylic acids is 1. The molecule has 0 aromatic heterocycles. The molecule has 0 aliphatic carbocycles. The van der Waals surface area contributed by atoms with Gasteiger partial charge in [-0.2, -0.15) is 0 Å². The van der Waals surface area contributed by atoms with E-state index in [-0.39, 0.29) is 19.1 Å². The molecule has 11 heavy (non-hydrogen) atoms. The van der Waals surface area contributed by atoms with Crippen LogP contribution in [0.1, 0.15) is 26.7 Å². The van der Waals surface area contributed by atoms with Crippen LogP contribution in [0.4, 0.5) is 0 Å². The highest BCUT2D eigenvalue weighted by Gasteiger charge is 1.88. The summed E-state index contributed by atoms with van der Waals surface area (Å²) in [4.78, 5) is 9.37. The average molecular weight is 164 g/mol. The van der Waals surface area contributed by atoms with Gasteiger partial charge in [-0.25, -0.2) is 0 Å². The van der Waals surface area contributed by atoms with Gasteiger partial charge in [0.1, 0.15) is 0 Å². The maximum Gasteiger partial charge on any atom is 0.303 e. The van der Waals surface area contributed by atoms with Gasteiger partial charge in [-0.15, -0.1) is 0 Å². The molecule has 0 spiro atoms. The largest absolute Gasteiger partial charge is 0.481 e. The number of hydrogen-bond acceptors (Lipinski definition) is 3. The Morgan fingerprint density at radius 2 is 1.91 bits per heavy atom. The zero-order valence-electron chi connectivity index (χ0n) is 6.95. The summed E-state index contributed by atoms with van der Waals surface area (Å²) in [5.41, 5.74) is 0. The molecule has 4 heteroatoms. The summed E-state index contributed by atoms with van der Waals surface area (Å²) in [5, 5.41) is 24.2. The molecule has 0 aromatic rings. The maximum atomic E-state index is 9.37. The van der Waals surface area contributed by atoms with Gasteiger partial charge < -0.3 is 15.3 Å². The van der Waals surface area contributed by atoms with E-state index in [9.17, 15) is 4.79 Å². The van der Waals surface area contributed by atoms with Crippen molar-refractivity contribution in [2.24, 2.45) is 0 Å². The first-order chi connectivity index (χ1) is 5.04. The third kappa shape index (κ3) is 26.6. The number of aliphatic hydroxyl groups is 2. The summed E-state index contributed by atoms with van der Waals surface area (Å²) in [6, 6.07) is 0. The van der Waals surface area contributed by atoms with Crippen LogP contribution in [0, 0.1) is 0 Å². The fourth-order valence-electron chi connectivity index (χ4n) is 0.187. The Labute approximate surface area is 66.5 Å². The lowest BCUT2D eigenvalue weighted by Gasteiger charge is -1.95. The van der Waals surface area contributed by atoms with Gasteiger partial charge in [0.05, 0.1) is 6.10 Å². The standard InChI is InChI=1S/C4H10O2.C3H6O2/c1-4(6)2-3-5;1-2-3(4)5/h4-6H,2-3H2,1H3;2H2,1H3,(H,4,5). The highest BCUT2D eigenvalue weighted by Crippen LogP contribution is 1.83. The first kappa shape index (κ1) is 13.0. The first-order valence-electron chi connectivity index (χ1n) is 3.55. The van der Waals surface area contributed by atoms with Crippen LogP contribution in [0.3, 0.4) is 0 Å². The van der Waals surface area contributed by atoms with Crippen molar-refractivity contribution in [3.8, 4) is 0 Å². The fraction of sp³-hybridized carbons (Fsp3) is 0.857. The van der Waals surface area contributed by atoms with Crippen LogP contribution in [0.15, 0.2) is 0 Å². The van der Waals surface area contributed by atoms with Gasteiger partial charge in [0.15, 0.2) is 0 Å². The van der Waals surface area contributed by atoms with E-state index in [4.69, 9.17) is 15.3 Å². The molecule has 1 unspecified atom stereocenters. The fourth-order valence-corrected chi connectivity index (χ4v) is 0.187. The Kier molecular flexibility index (Phi) is 11.1. The quantitative estimate of drug-likeness (QED) is 0.558. The molecular weight excluding hydrogens is 148 g/mol. The van der Waals surface area contributed by atoms with Crippen molar-refractivity contribution in [2.45, 2.75) is 32.8 Å². The molecule has 0 heterocycles. The lowest BCUT2D eigenvalue weighted by Crippen LogP contribution is -2.00. The van der Waals surface area contributed by atoms with E-state index >= 15 is 0 Å². The van der Waals surface area contributed by atoms with Gasteiger partial charge in [0.25, 0.3) is 0 Å². The van der Waals surface area contributed by atoms with Crippen LogP contribution in [-0.2, 0) is 4.79 Å². The van der Waals surface area contributed by atoms with E-state index in [1.54, 1.807) is 13.8 Å². The summed E-state index contributed by atoms with van der Waals surface area (Å²) in [6.07, 6.45) is 0.356. The minimum Gasteiger partial charge on any atom is -0.481 e. The van der Waals surface area contributed by atoms with Crippen molar-refractivity contribution in [1.29, 1.82) is 0 Å². The Morgan fingerprint density at radius 1 is 1.55 bits per heavy atom. The molecule has 4 nitrogen and oxygen atoms in total. The molecule has 1 atom stereocenters. The number of hydrogen-bond donors (Lipinski definition) is 3. The molecule has 0 fully saturated rings. The molecule has 0 saturated heterocycles. The van der Waals surface area contributed by atoms with Crippen molar-refractivity contribution in [2.75, 3.05) is 6.61 Å². The second-order valence-corrected chi connectivity index (χ2v) is 2.11. The van der Waals surface area contributed by atoms with E-state index in [2.05, 4.69) is 0 Å². The molecular formula is C7H16O4. The zero-order valence-corrected chi connectivity index (χ0v) is 6.95. The van der Waals surface area contributed by atoms with Gasteiger partial charge in [-0.1, -0.05) is 6.92 Å². The van der Waals surface area contributed by atoms with Gasteiger partial charge in [-0.3, -0.25) is 4.79 Å². The third-order valence-corrected chi connectivity index (χ3v) is 0.849. The summed E-state index contributed by atoms with van der Waals surface area (Å²) < 4.78 is 0. The maximum absolute atomic E-state index is 9.37. The zero-order chi connectivity index (χ0) is 9.28. The van der Waals surface area contributed by atoms with E-state index in [1.807, 2.05) is 0 Å². The van der Waals surface area contributed by atoms with E-state index in [0.29, 0.717) is 6.42 Å². The summed E-state index contributed by atoms with van der Waals surface area (Å²) in [7, 11) is 0. The normalized spacial score (nSPS) is 11.3. The van der Waals surface area contributed by atoms with Crippen molar-refractivity contribution in [1.82, 2.24) is 0 Å². The Balaban J connectivity index is 0. The second-order valence-electron chi connectivity index (χ2n) is 2.11. The minimum absolute atomic E-state index is 0.0810. The number of carbonyl (C=O) groups is 1. The Morgan fingerprint density at radius 3 is 1.91 bits per heavy atom. The van der Waals surface area contributed by atoms with Gasteiger partial charge in [-0.05, 0) is 13.3 Å². The molecule has 0 bridgehead atoms. The highest BCUT2D eigenvalue weighted by molar-refractivity contribution is 5.66. The smallest absolute Gasteiger partial charge is 0.303 e. The summed E-state index contributed by atoms with van der Waals surface area (Å²) >= 11 is 0. The average Bonchev–Trinajstić information content (AvgIpc) is 1.89. The Hall–Kier alpha value is -0.610. The molecule has 0 aliphatic heterocycles. The van der Waals surface area contributed by atoms with Crippen LogP contribution < -0.4 is 0 Å². The molecule has 0 rings (SSSR count). The molecule has 3 N–H and O–H groups in total. The van der Waals surface area contributed by atoms with E-state index in [1.165, 1.54) is 0 Å². The monoisotopic (exact) mass is 164 g/mol. The van der Waals surface area contributed by atoms with Crippen LogP contribution in [-0.4, -0.2) is 34.0 Å². The second kappa shape index (κ2) is 9.39. The van der Waals surface area contributed by atoms with Gasteiger partial charge >= 0.3 is 5.97 Å². The summed E-state index contributed by atoms with van der Waals surface area (Å²) in [6.45, 7) is 3.33. The topological polar surface area (TPSA) is 77.8 Å². The van der Waals surface area contributed by atoms with Crippen LogP contribution in [0.2, 0.25) is 0 Å². The molecule has 0 saturated carbocycles. The number of aliphatic hydroxyl groups excluding tert-OH is 2. The third-order valence-electron chi connectivity index (χ3n) is 0.849. The predicted octanol–water partition coefficient (Wildman–Crippen LogP) is 0.231. The summed E-state index contributed by atoms with van der Waals surface area (Å²) in [5.74, 6) is -0.745. The van der Waals surface area contributed by atoms with Gasteiger partial charge in [0.2, 0.25) is 0 Å². The molecule has 0 radical (unpaired) electrons. The van der Waals surface area contributed by atoms with Crippen molar-refractivity contribution < 1.29 is 20.1 Å². The lowest BCUT2D eigenvalue weighted by atomic mass is 10.3. The minimum atomic E-state index is -0.745. The number of rotatable bonds is 3. The molecule has 0 amide bonds. The molecule has 68 valence electrons. The Bertz CT molecular complexity index is 90.4. The number of carboxylic acids is 1. The first-order valence-corrected chi connectivity index (χ1v) is 3.55. The van der Waals surface area contributed by atoms with Crippen molar-refractivity contribution >= 4 is 5.97 Å². The van der Waals surface area contributed by atoms with E-state index in [0.717, 1.165) is 0 Å². The molecule has 0 aliphatic rings. The van der Waals surface area contributed by atoms with Gasteiger partial charge in [0, 0.05) is 13.0 Å². The SMILES string of the molecule is CC(O)CCO.CCC(=O)O. The predicted molar refractivity (Wildman–Crippen MR) is 41.3 cm³/mol. The van der Waals surface area contributed by atoms with Crippen LogP contribution >= 0.6 is 0 Å².